The minimum atomic E-state index is -0.263. The average Bonchev–Trinajstić information content (AvgIpc) is 3.01. The van der Waals surface area contributed by atoms with Crippen LogP contribution in [-0.4, -0.2) is 12.1 Å². The van der Waals surface area contributed by atoms with E-state index in [-0.39, 0.29) is 5.91 Å². The number of carbonyl (C=O) groups is 1. The third kappa shape index (κ3) is 3.24. The van der Waals surface area contributed by atoms with Crippen LogP contribution in [0.5, 0.6) is 0 Å². The van der Waals surface area contributed by atoms with Gasteiger partial charge < -0.3 is 4.42 Å². The van der Waals surface area contributed by atoms with Crippen molar-refractivity contribution in [2.24, 2.45) is 11.0 Å². The van der Waals surface area contributed by atoms with E-state index in [0.717, 1.165) is 10.2 Å². The Labute approximate surface area is 131 Å². The highest BCUT2D eigenvalue weighted by Crippen LogP contribution is 2.47. The minimum absolute atomic E-state index is 0.263. The van der Waals surface area contributed by atoms with E-state index in [1.165, 1.54) is 12.6 Å². The van der Waals surface area contributed by atoms with Crippen molar-refractivity contribution in [3.8, 4) is 0 Å². The Hall–Kier alpha value is -1.88. The first-order chi connectivity index (χ1) is 10.1. The van der Waals surface area contributed by atoms with Gasteiger partial charge in [-0.2, -0.15) is 5.10 Å². The first kappa shape index (κ1) is 14.1. The molecule has 2 aromatic rings. The van der Waals surface area contributed by atoms with Crippen molar-refractivity contribution in [2.75, 3.05) is 0 Å². The molecule has 1 heterocycles. The standard InChI is InChI=1S/C16H15BrN2O2/c1-10-8-13(10)15-7-6-11(21-15)9-18-19-16(20)12-4-2-3-5-14(12)17/h2-7,9-10,13H,8H2,1H3,(H,19,20)/b18-9-/t10-,13-/m1/s1. The van der Waals surface area contributed by atoms with Crippen molar-refractivity contribution in [1.29, 1.82) is 0 Å². The van der Waals surface area contributed by atoms with E-state index in [1.807, 2.05) is 24.3 Å². The maximum Gasteiger partial charge on any atom is 0.272 e. The predicted octanol–water partition coefficient (Wildman–Crippen LogP) is 3.93. The highest BCUT2D eigenvalue weighted by molar-refractivity contribution is 9.10. The molecule has 3 rings (SSSR count). The van der Waals surface area contributed by atoms with Gasteiger partial charge in [0.15, 0.2) is 0 Å². The Morgan fingerprint density at radius 3 is 2.86 bits per heavy atom. The molecule has 0 radical (unpaired) electrons. The summed E-state index contributed by atoms with van der Waals surface area (Å²) in [5, 5.41) is 3.93. The molecule has 21 heavy (non-hydrogen) atoms. The number of nitrogens with zero attached hydrogens (tertiary/aromatic N) is 1. The van der Waals surface area contributed by atoms with Gasteiger partial charge in [0, 0.05) is 10.4 Å². The molecule has 2 atom stereocenters. The maximum atomic E-state index is 11.9. The number of hydrazone groups is 1. The number of hydrogen-bond acceptors (Lipinski definition) is 3. The summed E-state index contributed by atoms with van der Waals surface area (Å²) in [6.45, 7) is 2.21. The van der Waals surface area contributed by atoms with E-state index in [9.17, 15) is 4.79 Å². The van der Waals surface area contributed by atoms with Gasteiger partial charge in [-0.25, -0.2) is 5.43 Å². The Morgan fingerprint density at radius 2 is 2.14 bits per heavy atom. The van der Waals surface area contributed by atoms with Crippen molar-refractivity contribution >= 4 is 28.1 Å². The molecule has 1 aromatic carbocycles. The average molecular weight is 347 g/mol. The van der Waals surface area contributed by atoms with Crippen LogP contribution in [0.3, 0.4) is 0 Å². The van der Waals surface area contributed by atoms with E-state index in [2.05, 4.69) is 33.4 Å². The van der Waals surface area contributed by atoms with Crippen molar-refractivity contribution in [1.82, 2.24) is 5.43 Å². The summed E-state index contributed by atoms with van der Waals surface area (Å²) < 4.78 is 6.42. The van der Waals surface area contributed by atoms with E-state index in [0.29, 0.717) is 23.2 Å². The van der Waals surface area contributed by atoms with E-state index >= 15 is 0 Å². The van der Waals surface area contributed by atoms with Gasteiger partial charge in [0.25, 0.3) is 5.91 Å². The first-order valence-corrected chi connectivity index (χ1v) is 7.62. The number of benzene rings is 1. The van der Waals surface area contributed by atoms with E-state index in [1.54, 1.807) is 12.1 Å². The summed E-state index contributed by atoms with van der Waals surface area (Å²) in [7, 11) is 0. The van der Waals surface area contributed by atoms with Crippen LogP contribution in [0.1, 0.15) is 41.1 Å². The highest BCUT2D eigenvalue weighted by atomic mass is 79.9. The molecule has 5 heteroatoms. The number of furan rings is 1. The van der Waals surface area contributed by atoms with Crippen molar-refractivity contribution in [2.45, 2.75) is 19.3 Å². The van der Waals surface area contributed by atoms with Crippen LogP contribution in [0.15, 0.2) is 50.4 Å². The molecule has 0 unspecified atom stereocenters. The van der Waals surface area contributed by atoms with Crippen LogP contribution in [0.4, 0.5) is 0 Å². The third-order valence-corrected chi connectivity index (χ3v) is 4.29. The molecule has 1 amide bonds. The SMILES string of the molecule is C[C@@H]1C[C@H]1c1ccc(/C=N\NC(=O)c2ccccc2Br)o1. The van der Waals surface area contributed by atoms with Gasteiger partial charge in [0.1, 0.15) is 11.5 Å². The van der Waals surface area contributed by atoms with Gasteiger partial charge in [0.05, 0.1) is 11.8 Å². The second kappa shape index (κ2) is 5.85. The zero-order chi connectivity index (χ0) is 14.8. The van der Waals surface area contributed by atoms with Gasteiger partial charge >= 0.3 is 0 Å². The lowest BCUT2D eigenvalue weighted by Gasteiger charge is -2.01. The van der Waals surface area contributed by atoms with Crippen molar-refractivity contribution in [3.05, 3.63) is 58.0 Å². The smallest absolute Gasteiger partial charge is 0.272 e. The molecule has 0 saturated heterocycles. The van der Waals surface area contributed by atoms with Crippen LogP contribution in [0.25, 0.3) is 0 Å². The number of hydrogen-bond donors (Lipinski definition) is 1. The number of nitrogens with one attached hydrogen (secondary N) is 1. The summed E-state index contributed by atoms with van der Waals surface area (Å²) >= 11 is 3.33. The van der Waals surface area contributed by atoms with Crippen molar-refractivity contribution in [3.63, 3.8) is 0 Å². The third-order valence-electron chi connectivity index (χ3n) is 3.60. The summed E-state index contributed by atoms with van der Waals surface area (Å²) in [5.41, 5.74) is 3.03. The largest absolute Gasteiger partial charge is 0.460 e. The topological polar surface area (TPSA) is 54.6 Å². The summed E-state index contributed by atoms with van der Waals surface area (Å²) in [6.07, 6.45) is 2.70. The molecule has 4 nitrogen and oxygen atoms in total. The number of amides is 1. The lowest BCUT2D eigenvalue weighted by molar-refractivity contribution is 0.0954. The molecule has 1 fully saturated rings. The second-order valence-corrected chi connectivity index (χ2v) is 6.09. The lowest BCUT2D eigenvalue weighted by atomic mass is 10.2. The fraction of sp³-hybridized carbons (Fsp3) is 0.250. The molecular weight excluding hydrogens is 332 g/mol. The Kier molecular flexibility index (Phi) is 3.92. The molecule has 1 N–H and O–H groups in total. The Bertz CT molecular complexity index is 693. The Morgan fingerprint density at radius 1 is 1.38 bits per heavy atom. The second-order valence-electron chi connectivity index (χ2n) is 5.24. The molecule has 0 bridgehead atoms. The normalized spacial score (nSPS) is 20.7. The molecule has 108 valence electrons. The Balaban J connectivity index is 1.61. The first-order valence-electron chi connectivity index (χ1n) is 6.83. The monoisotopic (exact) mass is 346 g/mol. The quantitative estimate of drug-likeness (QED) is 0.673. The highest BCUT2D eigenvalue weighted by Gasteiger charge is 2.36. The molecular formula is C16H15BrN2O2. The van der Waals surface area contributed by atoms with Crippen LogP contribution < -0.4 is 5.43 Å². The number of halogens is 1. The molecule has 1 aliphatic rings. The number of carbonyl (C=O) groups excluding carboxylic acids is 1. The van der Waals surface area contributed by atoms with Crippen LogP contribution in [0, 0.1) is 5.92 Å². The van der Waals surface area contributed by atoms with Crippen molar-refractivity contribution < 1.29 is 9.21 Å². The molecule has 1 aliphatic carbocycles. The minimum Gasteiger partial charge on any atom is -0.460 e. The fourth-order valence-corrected chi connectivity index (χ4v) is 2.68. The van der Waals surface area contributed by atoms with Crippen LogP contribution >= 0.6 is 15.9 Å². The van der Waals surface area contributed by atoms with Gasteiger partial charge in [-0.05, 0) is 52.5 Å². The summed E-state index contributed by atoms with van der Waals surface area (Å²) in [6, 6.07) is 11.1. The van der Waals surface area contributed by atoms with Crippen LogP contribution in [0.2, 0.25) is 0 Å². The van der Waals surface area contributed by atoms with E-state index in [4.69, 9.17) is 4.42 Å². The van der Waals surface area contributed by atoms with Crippen LogP contribution in [-0.2, 0) is 0 Å². The fourth-order valence-electron chi connectivity index (χ4n) is 2.22. The lowest BCUT2D eigenvalue weighted by Crippen LogP contribution is -2.17. The summed E-state index contributed by atoms with van der Waals surface area (Å²) in [4.78, 5) is 11.9. The zero-order valence-electron chi connectivity index (χ0n) is 11.5. The van der Waals surface area contributed by atoms with Gasteiger partial charge in [-0.15, -0.1) is 0 Å². The molecule has 0 spiro atoms. The number of rotatable bonds is 4. The van der Waals surface area contributed by atoms with Gasteiger partial charge in [-0.1, -0.05) is 19.1 Å². The maximum absolute atomic E-state index is 11.9. The molecule has 1 aromatic heterocycles. The summed E-state index contributed by atoms with van der Waals surface area (Å²) in [5.74, 6) is 2.64. The molecule has 1 saturated carbocycles. The van der Waals surface area contributed by atoms with Gasteiger partial charge in [0.2, 0.25) is 0 Å². The van der Waals surface area contributed by atoms with Gasteiger partial charge in [-0.3, -0.25) is 4.79 Å². The molecule has 0 aliphatic heterocycles. The zero-order valence-corrected chi connectivity index (χ0v) is 13.1. The predicted molar refractivity (Wildman–Crippen MR) is 84.4 cm³/mol. The van der Waals surface area contributed by atoms with E-state index < -0.39 is 0 Å².